The fraction of sp³-hybridized carbons (Fsp3) is 0.379. The summed E-state index contributed by atoms with van der Waals surface area (Å²) in [4.78, 5) is 27.7. The predicted octanol–water partition coefficient (Wildman–Crippen LogP) is 5.28. The molecule has 8 nitrogen and oxygen atoms in total. The third-order valence-electron chi connectivity index (χ3n) is 6.13. The average Bonchev–Trinajstić information content (AvgIpc) is 3.50. The number of nitrogens with one attached hydrogen (secondary N) is 1. The van der Waals surface area contributed by atoms with Gasteiger partial charge in [0.15, 0.2) is 0 Å². The second-order valence-electron chi connectivity index (χ2n) is 8.50. The van der Waals surface area contributed by atoms with Crippen LogP contribution in [0.3, 0.4) is 0 Å². The molecule has 3 N–H and O–H groups in total. The number of nitrogens with zero attached hydrogens (tertiary/aromatic N) is 1. The Kier molecular flexibility index (Phi) is 12.8. The maximum Gasteiger partial charge on any atom is 0.254 e. The average molecular weight is 608 g/mol. The van der Waals surface area contributed by atoms with E-state index < -0.39 is 27.4 Å². The quantitative estimate of drug-likeness (QED) is 0.376. The van der Waals surface area contributed by atoms with Crippen LogP contribution in [0.5, 0.6) is 0 Å². The molecule has 4 rings (SSSR count). The molecule has 1 saturated heterocycles. The molecule has 218 valence electrons. The number of sulfonamides is 1. The van der Waals surface area contributed by atoms with Gasteiger partial charge >= 0.3 is 0 Å². The summed E-state index contributed by atoms with van der Waals surface area (Å²) in [7, 11) is -4.02. The number of allylic oxidation sites excluding steroid dienone is 4. The van der Waals surface area contributed by atoms with Gasteiger partial charge in [0.05, 0.1) is 13.2 Å². The lowest BCUT2D eigenvalue weighted by Gasteiger charge is -2.27. The molecule has 0 spiro atoms. The van der Waals surface area contributed by atoms with Crippen molar-refractivity contribution in [2.75, 3.05) is 26.3 Å². The van der Waals surface area contributed by atoms with Crippen molar-refractivity contribution >= 4 is 50.9 Å². The lowest BCUT2D eigenvalue weighted by Crippen LogP contribution is -2.47. The fourth-order valence-electron chi connectivity index (χ4n) is 4.10. The van der Waals surface area contributed by atoms with Crippen LogP contribution in [0, 0.1) is 0 Å². The Morgan fingerprint density at radius 1 is 1.18 bits per heavy atom. The summed E-state index contributed by atoms with van der Waals surface area (Å²) < 4.78 is 34.2. The Morgan fingerprint density at radius 2 is 1.85 bits per heavy atom. The molecule has 2 aromatic rings. The summed E-state index contributed by atoms with van der Waals surface area (Å²) in [6.45, 7) is 13.5. The van der Waals surface area contributed by atoms with Crippen LogP contribution >= 0.6 is 22.9 Å². The minimum absolute atomic E-state index is 0.0588. The van der Waals surface area contributed by atoms with E-state index in [0.717, 1.165) is 11.3 Å². The van der Waals surface area contributed by atoms with Crippen LogP contribution in [0.25, 0.3) is 6.08 Å². The van der Waals surface area contributed by atoms with Crippen molar-refractivity contribution in [3.05, 3.63) is 82.2 Å². The van der Waals surface area contributed by atoms with Crippen molar-refractivity contribution in [1.82, 2.24) is 9.62 Å². The first-order chi connectivity index (χ1) is 19.2. The number of benzene rings is 1. The van der Waals surface area contributed by atoms with Gasteiger partial charge in [0, 0.05) is 34.5 Å². The Morgan fingerprint density at radius 3 is 2.48 bits per heavy atom. The summed E-state index contributed by atoms with van der Waals surface area (Å²) in [5.41, 5.74) is 5.38. The first kappa shape index (κ1) is 33.4. The van der Waals surface area contributed by atoms with Crippen molar-refractivity contribution in [1.29, 1.82) is 0 Å². The largest absolute Gasteiger partial charge is 0.378 e. The summed E-state index contributed by atoms with van der Waals surface area (Å²) >= 11 is 6.92. The fourth-order valence-corrected chi connectivity index (χ4v) is 6.83. The van der Waals surface area contributed by atoms with Gasteiger partial charge in [0.1, 0.15) is 9.75 Å². The molecule has 0 radical (unpaired) electrons. The molecular formula is C29H38ClN3O5S2. The number of amides is 2. The number of nitrogens with two attached hydrogens (primary N) is 1. The third kappa shape index (κ3) is 8.14. The number of carbonyl (C=O) groups is 2. The lowest BCUT2D eigenvalue weighted by atomic mass is 10.0. The number of halogens is 1. The van der Waals surface area contributed by atoms with Gasteiger partial charge < -0.3 is 15.4 Å². The Bertz CT molecular complexity index is 1350. The highest BCUT2D eigenvalue weighted by molar-refractivity contribution is 7.91. The van der Waals surface area contributed by atoms with Crippen LogP contribution in [-0.2, 0) is 19.6 Å². The van der Waals surface area contributed by atoms with E-state index in [-0.39, 0.29) is 16.5 Å². The second-order valence-corrected chi connectivity index (χ2v) is 12.0. The molecule has 40 heavy (non-hydrogen) atoms. The number of thiophene rings is 1. The number of hydrogen-bond donors (Lipinski definition) is 2. The van der Waals surface area contributed by atoms with Crippen LogP contribution in [0.2, 0.25) is 0 Å². The highest BCUT2D eigenvalue weighted by Gasteiger charge is 2.62. The predicted molar refractivity (Wildman–Crippen MR) is 163 cm³/mol. The van der Waals surface area contributed by atoms with E-state index in [1.807, 2.05) is 27.7 Å². The molecule has 11 heteroatoms. The summed E-state index contributed by atoms with van der Waals surface area (Å²) in [6, 6.07) is 10.0. The van der Waals surface area contributed by atoms with Gasteiger partial charge in [-0.05, 0) is 48.4 Å². The van der Waals surface area contributed by atoms with E-state index in [2.05, 4.69) is 11.3 Å². The van der Waals surface area contributed by atoms with Crippen molar-refractivity contribution in [3.8, 4) is 0 Å². The number of morpholine rings is 1. The minimum atomic E-state index is -4.02. The van der Waals surface area contributed by atoms with Gasteiger partial charge in [0.2, 0.25) is 5.91 Å². The summed E-state index contributed by atoms with van der Waals surface area (Å²) in [5.74, 6) is -1.37. The minimum Gasteiger partial charge on any atom is -0.378 e. The SMILES string of the molecule is C=C/C(Cl)=C\C=C\c1ccc(S(=O)(=O)NC2(C(N)=O)CC2c2cccc(C(=O)N3CCOCC3)c2)s1.CC.CC. The maximum absolute atomic E-state index is 13.1. The van der Waals surface area contributed by atoms with Crippen molar-refractivity contribution in [2.24, 2.45) is 5.73 Å². The monoisotopic (exact) mass is 607 g/mol. The Balaban J connectivity index is 0.00000134. The normalized spacial score (nSPS) is 20.6. The Hall–Kier alpha value is -2.76. The third-order valence-corrected chi connectivity index (χ3v) is 9.46. The Labute approximate surface area is 246 Å². The van der Waals surface area contributed by atoms with Crippen molar-refractivity contribution < 1.29 is 22.7 Å². The topological polar surface area (TPSA) is 119 Å². The molecule has 1 aromatic carbocycles. The standard InChI is InChI=1S/C25H26ClN3O5S2.2C2H6/c1-2-19(26)7-4-8-20-9-10-22(35-20)36(32,33)28-25(24(27)31)16-21(25)17-5-3-6-18(15-17)23(30)29-11-13-34-14-12-29;2*1-2/h2-10,15,21,28H,1,11-14,16H2,(H2,27,31);2*1-2H3/b8-4+,19-7+;;. The summed E-state index contributed by atoms with van der Waals surface area (Å²) in [6.07, 6.45) is 6.74. The molecule has 2 heterocycles. The number of carbonyl (C=O) groups excluding carboxylic acids is 2. The first-order valence-electron chi connectivity index (χ1n) is 13.2. The molecule has 2 fully saturated rings. The van der Waals surface area contributed by atoms with E-state index in [9.17, 15) is 18.0 Å². The van der Waals surface area contributed by atoms with Crippen molar-refractivity contribution in [2.45, 2.75) is 49.8 Å². The highest BCUT2D eigenvalue weighted by Crippen LogP contribution is 2.52. The number of hydrogen-bond acceptors (Lipinski definition) is 6. The van der Waals surface area contributed by atoms with E-state index in [0.29, 0.717) is 47.3 Å². The van der Waals surface area contributed by atoms with Gasteiger partial charge in [-0.3, -0.25) is 9.59 Å². The molecule has 1 saturated carbocycles. The highest BCUT2D eigenvalue weighted by atomic mass is 35.5. The molecule has 1 aliphatic carbocycles. The second kappa shape index (κ2) is 15.3. The molecule has 2 aliphatic rings. The van der Waals surface area contributed by atoms with Crippen LogP contribution < -0.4 is 10.5 Å². The molecule has 1 aliphatic heterocycles. The van der Waals surface area contributed by atoms with Gasteiger partial charge in [-0.25, -0.2) is 8.42 Å². The number of rotatable bonds is 9. The van der Waals surface area contributed by atoms with Crippen molar-refractivity contribution in [3.63, 3.8) is 0 Å². The molecule has 1 aromatic heterocycles. The van der Waals surface area contributed by atoms with E-state index in [1.54, 1.807) is 53.5 Å². The smallest absolute Gasteiger partial charge is 0.254 e. The number of ether oxygens (including phenoxy) is 1. The molecular weight excluding hydrogens is 570 g/mol. The van der Waals surface area contributed by atoms with Crippen LogP contribution in [0.4, 0.5) is 0 Å². The zero-order chi connectivity index (χ0) is 29.9. The van der Waals surface area contributed by atoms with Gasteiger partial charge in [0.25, 0.3) is 15.9 Å². The number of primary amides is 1. The molecule has 2 amide bonds. The van der Waals surface area contributed by atoms with E-state index >= 15 is 0 Å². The lowest BCUT2D eigenvalue weighted by molar-refractivity contribution is -0.120. The van der Waals surface area contributed by atoms with Gasteiger partial charge in [-0.15, -0.1) is 11.3 Å². The zero-order valence-electron chi connectivity index (χ0n) is 23.4. The molecule has 2 atom stereocenters. The van der Waals surface area contributed by atoms with Crippen LogP contribution in [0.15, 0.2) is 70.4 Å². The molecule has 0 bridgehead atoms. The van der Waals surface area contributed by atoms with E-state index in [4.69, 9.17) is 22.1 Å². The van der Waals surface area contributed by atoms with E-state index in [1.165, 1.54) is 12.1 Å². The van der Waals surface area contributed by atoms with Gasteiger partial charge in [-0.1, -0.05) is 70.2 Å². The maximum atomic E-state index is 13.1. The zero-order valence-corrected chi connectivity index (χ0v) is 25.7. The van der Waals surface area contributed by atoms with Crippen LogP contribution in [-0.4, -0.2) is 57.0 Å². The first-order valence-corrected chi connectivity index (χ1v) is 15.9. The molecule has 2 unspecified atom stereocenters. The van der Waals surface area contributed by atoms with Gasteiger partial charge in [-0.2, -0.15) is 4.72 Å². The van der Waals surface area contributed by atoms with Crippen LogP contribution in [0.1, 0.15) is 60.8 Å². The summed E-state index contributed by atoms with van der Waals surface area (Å²) in [5, 5.41) is 0.455.